The molecule has 0 N–H and O–H groups in total. The maximum absolute atomic E-state index is 12.1. The van der Waals surface area contributed by atoms with E-state index in [1.54, 1.807) is 6.92 Å². The zero-order chi connectivity index (χ0) is 10.4. The lowest BCUT2D eigenvalue weighted by Gasteiger charge is -2.02. The Morgan fingerprint density at radius 3 is 2.08 bits per heavy atom. The van der Waals surface area contributed by atoms with E-state index in [0.717, 1.165) is 0 Å². The first kappa shape index (κ1) is 11.9. The molecule has 0 bridgehead atoms. The van der Waals surface area contributed by atoms with Crippen molar-refractivity contribution in [1.29, 1.82) is 0 Å². The molecular formula is C9H14F2N2. The van der Waals surface area contributed by atoms with E-state index in [2.05, 4.69) is 10.2 Å². The molecule has 13 heavy (non-hydrogen) atoms. The number of aromatic nitrogens is 2. The molecule has 2 nitrogen and oxygen atoms in total. The van der Waals surface area contributed by atoms with Crippen molar-refractivity contribution in [3.05, 3.63) is 23.0 Å². The van der Waals surface area contributed by atoms with Crippen LogP contribution in [0.4, 0.5) is 8.78 Å². The van der Waals surface area contributed by atoms with Gasteiger partial charge < -0.3 is 0 Å². The quantitative estimate of drug-likeness (QED) is 0.676. The summed E-state index contributed by atoms with van der Waals surface area (Å²) in [5.74, 6) is 0. The van der Waals surface area contributed by atoms with Crippen molar-refractivity contribution in [3.63, 3.8) is 0 Å². The molecule has 0 atom stereocenters. The molecule has 1 rings (SSSR count). The minimum Gasteiger partial charge on any atom is -0.205 e. The van der Waals surface area contributed by atoms with Gasteiger partial charge in [-0.15, -0.1) is 0 Å². The third-order valence-corrected chi connectivity index (χ3v) is 1.37. The van der Waals surface area contributed by atoms with Crippen LogP contribution in [0.1, 0.15) is 37.2 Å². The first-order chi connectivity index (χ1) is 6.11. The molecule has 0 amide bonds. The molecule has 0 unspecified atom stereocenters. The number of aryl methyl sites for hydroxylation is 2. The smallest absolute Gasteiger partial charge is 0.205 e. The molecule has 0 aliphatic heterocycles. The summed E-state index contributed by atoms with van der Waals surface area (Å²) in [6.45, 7) is 7.16. The van der Waals surface area contributed by atoms with E-state index < -0.39 is 6.43 Å². The Kier molecular flexibility index (Phi) is 5.11. The van der Waals surface area contributed by atoms with Gasteiger partial charge in [0.05, 0.1) is 11.4 Å². The van der Waals surface area contributed by atoms with E-state index in [1.165, 1.54) is 13.0 Å². The zero-order valence-electron chi connectivity index (χ0n) is 8.31. The van der Waals surface area contributed by atoms with Crippen molar-refractivity contribution >= 4 is 0 Å². The van der Waals surface area contributed by atoms with Crippen molar-refractivity contribution in [1.82, 2.24) is 10.2 Å². The van der Waals surface area contributed by atoms with Crippen LogP contribution in [0.3, 0.4) is 0 Å². The standard InChI is InChI=1S/C7H8F2N2.C2H6/c1-4-3-6(7(8)9)5(2)11-10-4;1-2/h3,7H,1-2H3;1-2H3. The molecular weight excluding hydrogens is 174 g/mol. The van der Waals surface area contributed by atoms with Gasteiger partial charge in [-0.1, -0.05) is 13.8 Å². The second kappa shape index (κ2) is 5.56. The molecule has 0 spiro atoms. The third kappa shape index (κ3) is 3.44. The highest BCUT2D eigenvalue weighted by atomic mass is 19.3. The van der Waals surface area contributed by atoms with Gasteiger partial charge in [0.2, 0.25) is 0 Å². The lowest BCUT2D eigenvalue weighted by atomic mass is 10.2. The van der Waals surface area contributed by atoms with Crippen LogP contribution in [-0.2, 0) is 0 Å². The Morgan fingerprint density at radius 1 is 1.15 bits per heavy atom. The van der Waals surface area contributed by atoms with Crippen molar-refractivity contribution in [2.45, 2.75) is 34.1 Å². The van der Waals surface area contributed by atoms with Gasteiger partial charge in [0.15, 0.2) is 0 Å². The fourth-order valence-corrected chi connectivity index (χ4v) is 0.791. The van der Waals surface area contributed by atoms with E-state index in [0.29, 0.717) is 11.4 Å². The van der Waals surface area contributed by atoms with Crippen molar-refractivity contribution < 1.29 is 8.78 Å². The average Bonchev–Trinajstić information content (AvgIpc) is 2.12. The van der Waals surface area contributed by atoms with Gasteiger partial charge in [0.25, 0.3) is 6.43 Å². The molecule has 74 valence electrons. The van der Waals surface area contributed by atoms with E-state index in [4.69, 9.17) is 0 Å². The van der Waals surface area contributed by atoms with Crippen molar-refractivity contribution in [3.8, 4) is 0 Å². The monoisotopic (exact) mass is 188 g/mol. The first-order valence-corrected chi connectivity index (χ1v) is 4.20. The van der Waals surface area contributed by atoms with Crippen LogP contribution < -0.4 is 0 Å². The minimum atomic E-state index is -2.45. The highest BCUT2D eigenvalue weighted by Crippen LogP contribution is 2.20. The van der Waals surface area contributed by atoms with E-state index >= 15 is 0 Å². The molecule has 0 aromatic carbocycles. The van der Waals surface area contributed by atoms with Crippen LogP contribution in [-0.4, -0.2) is 10.2 Å². The van der Waals surface area contributed by atoms with Gasteiger partial charge >= 0.3 is 0 Å². The van der Waals surface area contributed by atoms with Crippen LogP contribution in [0.25, 0.3) is 0 Å². The summed E-state index contributed by atoms with van der Waals surface area (Å²) < 4.78 is 24.3. The molecule has 0 saturated carbocycles. The van der Waals surface area contributed by atoms with Gasteiger partial charge in [0, 0.05) is 5.56 Å². The third-order valence-electron chi connectivity index (χ3n) is 1.37. The summed E-state index contributed by atoms with van der Waals surface area (Å²) in [6.07, 6.45) is -2.45. The van der Waals surface area contributed by atoms with E-state index in [-0.39, 0.29) is 5.56 Å². The van der Waals surface area contributed by atoms with Crippen LogP contribution in [0, 0.1) is 13.8 Å². The van der Waals surface area contributed by atoms with Crippen LogP contribution in [0.5, 0.6) is 0 Å². The molecule has 0 fully saturated rings. The summed E-state index contributed by atoms with van der Waals surface area (Å²) in [7, 11) is 0. The number of hydrogen-bond acceptors (Lipinski definition) is 2. The van der Waals surface area contributed by atoms with Crippen molar-refractivity contribution in [2.75, 3.05) is 0 Å². The Bertz CT molecular complexity index is 262. The summed E-state index contributed by atoms with van der Waals surface area (Å²) in [6, 6.07) is 1.35. The Morgan fingerprint density at radius 2 is 1.69 bits per heavy atom. The van der Waals surface area contributed by atoms with Gasteiger partial charge in [-0.2, -0.15) is 10.2 Å². The number of alkyl halides is 2. The normalized spacial score (nSPS) is 9.46. The molecule has 0 aliphatic carbocycles. The highest BCUT2D eigenvalue weighted by Gasteiger charge is 2.11. The SMILES string of the molecule is CC.Cc1cc(C(F)F)c(C)nn1. The van der Waals surface area contributed by atoms with Crippen LogP contribution >= 0.6 is 0 Å². The maximum Gasteiger partial charge on any atom is 0.265 e. The first-order valence-electron chi connectivity index (χ1n) is 4.20. The topological polar surface area (TPSA) is 25.8 Å². The molecule has 0 saturated heterocycles. The number of nitrogens with zero attached hydrogens (tertiary/aromatic N) is 2. The Balaban J connectivity index is 0.000000671. The molecule has 1 heterocycles. The number of rotatable bonds is 1. The van der Waals surface area contributed by atoms with Gasteiger partial charge in [-0.3, -0.25) is 0 Å². The number of hydrogen-bond donors (Lipinski definition) is 0. The van der Waals surface area contributed by atoms with Crippen LogP contribution in [0.15, 0.2) is 6.07 Å². The highest BCUT2D eigenvalue weighted by molar-refractivity contribution is 5.20. The summed E-state index contributed by atoms with van der Waals surface area (Å²) >= 11 is 0. The molecule has 1 aromatic heterocycles. The van der Waals surface area contributed by atoms with E-state index in [1.807, 2.05) is 13.8 Å². The zero-order valence-corrected chi connectivity index (χ0v) is 8.31. The Labute approximate surface area is 77.0 Å². The molecule has 1 aromatic rings. The lowest BCUT2D eigenvalue weighted by Crippen LogP contribution is -1.97. The maximum atomic E-state index is 12.1. The predicted octanol–water partition coefficient (Wildman–Crippen LogP) is 3.06. The number of halogens is 2. The summed E-state index contributed by atoms with van der Waals surface area (Å²) in [4.78, 5) is 0. The molecule has 0 radical (unpaired) electrons. The molecule has 0 aliphatic rings. The average molecular weight is 188 g/mol. The second-order valence-corrected chi connectivity index (χ2v) is 2.33. The lowest BCUT2D eigenvalue weighted by molar-refractivity contribution is 0.149. The fraction of sp³-hybridized carbons (Fsp3) is 0.556. The van der Waals surface area contributed by atoms with Gasteiger partial charge in [0.1, 0.15) is 0 Å². The predicted molar refractivity (Wildman–Crippen MR) is 47.8 cm³/mol. The Hall–Kier alpha value is -1.06. The van der Waals surface area contributed by atoms with E-state index in [9.17, 15) is 8.78 Å². The fourth-order valence-electron chi connectivity index (χ4n) is 0.791. The summed E-state index contributed by atoms with van der Waals surface area (Å²) in [5.41, 5.74) is 0.786. The molecule has 4 heteroatoms. The largest absolute Gasteiger partial charge is 0.265 e. The van der Waals surface area contributed by atoms with Crippen molar-refractivity contribution in [2.24, 2.45) is 0 Å². The minimum absolute atomic E-state index is 0.0301. The van der Waals surface area contributed by atoms with Gasteiger partial charge in [-0.25, -0.2) is 8.78 Å². The van der Waals surface area contributed by atoms with Gasteiger partial charge in [-0.05, 0) is 19.9 Å². The summed E-state index contributed by atoms with van der Waals surface area (Å²) in [5, 5.41) is 7.21. The second-order valence-electron chi connectivity index (χ2n) is 2.33. The van der Waals surface area contributed by atoms with Crippen LogP contribution in [0.2, 0.25) is 0 Å².